The zero-order valence-electron chi connectivity index (χ0n) is 18.8. The van der Waals surface area contributed by atoms with Gasteiger partial charge in [0.2, 0.25) is 0 Å². The molecule has 1 aliphatic rings. The quantitative estimate of drug-likeness (QED) is 0.426. The van der Waals surface area contributed by atoms with E-state index in [9.17, 15) is 4.79 Å². The number of unbranched alkanes of at least 4 members (excludes halogenated alkanes) is 4. The van der Waals surface area contributed by atoms with Crippen molar-refractivity contribution in [1.82, 2.24) is 4.90 Å². The molecule has 3 rings (SSSR count). The van der Waals surface area contributed by atoms with E-state index in [0.29, 0.717) is 12.5 Å². The predicted molar refractivity (Wildman–Crippen MR) is 125 cm³/mol. The maximum atomic E-state index is 10.5. The summed E-state index contributed by atoms with van der Waals surface area (Å²) in [7, 11) is 0. The Morgan fingerprint density at radius 3 is 2.23 bits per heavy atom. The topological polar surface area (TPSA) is 49.8 Å². The maximum Gasteiger partial charge on any atom is 0.303 e. The van der Waals surface area contributed by atoms with Crippen LogP contribution in [0.25, 0.3) is 0 Å². The summed E-state index contributed by atoms with van der Waals surface area (Å²) in [4.78, 5) is 13.1. The molecule has 31 heavy (non-hydrogen) atoms. The van der Waals surface area contributed by atoms with Gasteiger partial charge in [0, 0.05) is 19.5 Å². The van der Waals surface area contributed by atoms with E-state index in [0.717, 1.165) is 51.7 Å². The van der Waals surface area contributed by atoms with Crippen molar-refractivity contribution >= 4 is 5.97 Å². The first-order valence-electron chi connectivity index (χ1n) is 11.8. The summed E-state index contributed by atoms with van der Waals surface area (Å²) in [6, 6.07) is 19.3. The molecule has 1 atom stereocenters. The lowest BCUT2D eigenvalue weighted by Crippen LogP contribution is -2.38. The van der Waals surface area contributed by atoms with Gasteiger partial charge in [0.1, 0.15) is 6.10 Å². The first-order valence-corrected chi connectivity index (χ1v) is 11.8. The monoisotopic (exact) mass is 423 g/mol. The third-order valence-electron chi connectivity index (χ3n) is 6.21. The van der Waals surface area contributed by atoms with Gasteiger partial charge in [-0.05, 0) is 50.3 Å². The lowest BCUT2D eigenvalue weighted by molar-refractivity contribution is -0.137. The summed E-state index contributed by atoms with van der Waals surface area (Å²) in [6.45, 7) is 5.46. The normalized spacial score (nSPS) is 16.3. The van der Waals surface area contributed by atoms with E-state index in [4.69, 9.17) is 9.84 Å². The van der Waals surface area contributed by atoms with Crippen LogP contribution in [-0.2, 0) is 9.53 Å². The van der Waals surface area contributed by atoms with Crippen LogP contribution in [0.3, 0.4) is 0 Å². The molecule has 0 saturated carbocycles. The highest BCUT2D eigenvalue weighted by Crippen LogP contribution is 2.30. The number of benzene rings is 2. The average Bonchev–Trinajstić information content (AvgIpc) is 2.79. The van der Waals surface area contributed by atoms with E-state index in [1.54, 1.807) is 0 Å². The summed E-state index contributed by atoms with van der Waals surface area (Å²) < 4.78 is 6.67. The zero-order chi connectivity index (χ0) is 21.9. The molecule has 2 aromatic carbocycles. The SMILES string of the molecule is Cc1ccc(C(OC2CCN(CCCCCCCC(=O)O)CC2)c2ccccc2)cc1. The first-order chi connectivity index (χ1) is 15.1. The van der Waals surface area contributed by atoms with Gasteiger partial charge in [0.25, 0.3) is 0 Å². The number of ether oxygens (including phenoxy) is 1. The van der Waals surface area contributed by atoms with Gasteiger partial charge in [-0.1, -0.05) is 79.4 Å². The molecule has 0 aromatic heterocycles. The lowest BCUT2D eigenvalue weighted by atomic mass is 9.99. The van der Waals surface area contributed by atoms with Crippen molar-refractivity contribution in [3.63, 3.8) is 0 Å². The van der Waals surface area contributed by atoms with E-state index >= 15 is 0 Å². The minimum absolute atomic E-state index is 0.0100. The van der Waals surface area contributed by atoms with Crippen LogP contribution >= 0.6 is 0 Å². The molecule has 1 heterocycles. The molecule has 4 nitrogen and oxygen atoms in total. The summed E-state index contributed by atoms with van der Waals surface area (Å²) in [5.41, 5.74) is 3.71. The van der Waals surface area contributed by atoms with Gasteiger partial charge in [0.15, 0.2) is 0 Å². The van der Waals surface area contributed by atoms with E-state index in [1.807, 2.05) is 0 Å². The standard InChI is InChI=1S/C27H37NO3/c1-22-13-15-24(16-14-22)27(23-10-6-5-7-11-23)31-25-17-20-28(21-18-25)19-9-4-2-3-8-12-26(29)30/h5-7,10-11,13-16,25,27H,2-4,8-9,12,17-21H2,1H3,(H,29,30). The number of aliphatic carboxylic acids is 1. The molecule has 1 saturated heterocycles. The molecule has 1 aliphatic heterocycles. The fourth-order valence-electron chi connectivity index (χ4n) is 4.32. The number of piperidine rings is 1. The highest BCUT2D eigenvalue weighted by atomic mass is 16.5. The Kier molecular flexibility index (Phi) is 9.57. The molecule has 168 valence electrons. The van der Waals surface area contributed by atoms with Crippen molar-refractivity contribution in [1.29, 1.82) is 0 Å². The number of nitrogens with zero attached hydrogens (tertiary/aromatic N) is 1. The molecule has 0 radical (unpaired) electrons. The molecule has 0 amide bonds. The molecule has 1 N–H and O–H groups in total. The number of hydrogen-bond donors (Lipinski definition) is 1. The molecule has 0 aliphatic carbocycles. The Bertz CT molecular complexity index is 767. The Balaban J connectivity index is 1.43. The zero-order valence-corrected chi connectivity index (χ0v) is 18.8. The van der Waals surface area contributed by atoms with Crippen LogP contribution in [0.2, 0.25) is 0 Å². The second kappa shape index (κ2) is 12.6. The Morgan fingerprint density at radius 1 is 0.935 bits per heavy atom. The summed E-state index contributed by atoms with van der Waals surface area (Å²) in [5, 5.41) is 8.69. The van der Waals surface area contributed by atoms with Crippen molar-refractivity contribution in [3.05, 3.63) is 71.3 Å². The number of aryl methyl sites for hydroxylation is 1. The third kappa shape index (κ3) is 8.12. The largest absolute Gasteiger partial charge is 0.481 e. The van der Waals surface area contributed by atoms with Crippen molar-refractivity contribution in [3.8, 4) is 0 Å². The molecular weight excluding hydrogens is 386 g/mol. The second-order valence-electron chi connectivity index (χ2n) is 8.79. The molecule has 1 unspecified atom stereocenters. The number of carboxylic acid groups (broad SMARTS) is 1. The van der Waals surface area contributed by atoms with Gasteiger partial charge in [0.05, 0.1) is 6.10 Å². The molecule has 1 fully saturated rings. The highest BCUT2D eigenvalue weighted by molar-refractivity contribution is 5.66. The minimum Gasteiger partial charge on any atom is -0.481 e. The first kappa shape index (κ1) is 23.5. The van der Waals surface area contributed by atoms with Crippen LogP contribution in [0.4, 0.5) is 0 Å². The maximum absolute atomic E-state index is 10.5. The highest BCUT2D eigenvalue weighted by Gasteiger charge is 2.24. The van der Waals surface area contributed by atoms with E-state index in [-0.39, 0.29) is 6.10 Å². The Hall–Kier alpha value is -2.17. The number of carbonyl (C=O) groups is 1. The van der Waals surface area contributed by atoms with Crippen molar-refractivity contribution in [2.24, 2.45) is 0 Å². The van der Waals surface area contributed by atoms with Gasteiger partial charge < -0.3 is 14.7 Å². The van der Waals surface area contributed by atoms with Crippen LogP contribution in [0, 0.1) is 6.92 Å². The summed E-state index contributed by atoms with van der Waals surface area (Å²) >= 11 is 0. The van der Waals surface area contributed by atoms with Gasteiger partial charge in [-0.25, -0.2) is 0 Å². The molecule has 4 heteroatoms. The van der Waals surface area contributed by atoms with Crippen LogP contribution in [0.15, 0.2) is 54.6 Å². The van der Waals surface area contributed by atoms with Crippen molar-refractivity contribution in [2.45, 2.75) is 70.5 Å². The van der Waals surface area contributed by atoms with Gasteiger partial charge in [-0.2, -0.15) is 0 Å². The summed E-state index contributed by atoms with van der Waals surface area (Å²) in [6.07, 6.45) is 8.12. The van der Waals surface area contributed by atoms with Gasteiger partial charge >= 0.3 is 5.97 Å². The Morgan fingerprint density at radius 2 is 1.55 bits per heavy atom. The van der Waals surface area contributed by atoms with Crippen LogP contribution in [0.5, 0.6) is 0 Å². The van der Waals surface area contributed by atoms with E-state index in [1.165, 1.54) is 29.5 Å². The van der Waals surface area contributed by atoms with Crippen molar-refractivity contribution in [2.75, 3.05) is 19.6 Å². The lowest BCUT2D eigenvalue weighted by Gasteiger charge is -2.34. The molecular formula is C27H37NO3. The molecule has 0 bridgehead atoms. The van der Waals surface area contributed by atoms with Crippen LogP contribution < -0.4 is 0 Å². The van der Waals surface area contributed by atoms with Gasteiger partial charge in [-0.15, -0.1) is 0 Å². The van der Waals surface area contributed by atoms with E-state index < -0.39 is 5.97 Å². The average molecular weight is 424 g/mol. The van der Waals surface area contributed by atoms with Crippen molar-refractivity contribution < 1.29 is 14.6 Å². The van der Waals surface area contributed by atoms with Crippen LogP contribution in [-0.4, -0.2) is 41.7 Å². The van der Waals surface area contributed by atoms with E-state index in [2.05, 4.69) is 66.4 Å². The smallest absolute Gasteiger partial charge is 0.303 e. The Labute approximate surface area is 187 Å². The summed E-state index contributed by atoms with van der Waals surface area (Å²) in [5.74, 6) is -0.679. The van der Waals surface area contributed by atoms with Gasteiger partial charge in [-0.3, -0.25) is 4.79 Å². The predicted octanol–water partition coefficient (Wildman–Crippen LogP) is 5.99. The number of hydrogen-bond acceptors (Lipinski definition) is 3. The fourth-order valence-corrected chi connectivity index (χ4v) is 4.32. The third-order valence-corrected chi connectivity index (χ3v) is 6.21. The number of carboxylic acids is 1. The number of likely N-dealkylation sites (tertiary alicyclic amines) is 1. The fraction of sp³-hybridized carbons (Fsp3) is 0.519. The number of rotatable bonds is 12. The molecule has 0 spiro atoms. The minimum atomic E-state index is -0.679. The molecule has 2 aromatic rings. The second-order valence-corrected chi connectivity index (χ2v) is 8.79. The van der Waals surface area contributed by atoms with Crippen LogP contribution in [0.1, 0.15) is 74.2 Å².